The molecule has 6 heteroatoms. The first-order valence-electron chi connectivity index (χ1n) is 9.29. The van der Waals surface area contributed by atoms with Gasteiger partial charge in [-0.15, -0.1) is 0 Å². The summed E-state index contributed by atoms with van der Waals surface area (Å²) in [6.07, 6.45) is 5.74. The van der Waals surface area contributed by atoms with Crippen LogP contribution in [0.4, 0.5) is 0 Å². The molecule has 6 nitrogen and oxygen atoms in total. The number of piperidine rings is 1. The van der Waals surface area contributed by atoms with Crippen LogP contribution in [-0.4, -0.2) is 54.6 Å². The van der Waals surface area contributed by atoms with Gasteiger partial charge in [-0.25, -0.2) is 0 Å². The van der Waals surface area contributed by atoms with E-state index in [-0.39, 0.29) is 11.8 Å². The molecule has 1 aromatic rings. The third-order valence-electron chi connectivity index (χ3n) is 6.34. The van der Waals surface area contributed by atoms with Crippen molar-refractivity contribution in [2.75, 3.05) is 20.7 Å². The fraction of sp³-hybridized carbons (Fsp3) is 0.524. The Bertz CT molecular complexity index is 789. The monoisotopic (exact) mass is 373 g/mol. The second-order valence-corrected chi connectivity index (χ2v) is 7.42. The molecule has 3 rings (SSSR count). The SMILES string of the molecule is CCC12CCN(C)C(Cc3ccc(OC)c(O)c31)C2(/C=C\C=O)OC(C)=O. The fourth-order valence-corrected chi connectivity index (χ4v) is 5.20. The number of carbonyl (C=O) groups is 2. The number of esters is 1. The third-order valence-corrected chi connectivity index (χ3v) is 6.34. The maximum Gasteiger partial charge on any atom is 0.303 e. The lowest BCUT2D eigenvalue weighted by Gasteiger charge is -2.61. The summed E-state index contributed by atoms with van der Waals surface area (Å²) in [5.74, 6) is 0.0837. The Kier molecular flexibility index (Phi) is 5.04. The number of methoxy groups -OCH3 is 1. The molecule has 1 aliphatic carbocycles. The number of phenolic OH excluding ortho intramolecular Hbond substituents is 1. The lowest BCUT2D eigenvalue weighted by molar-refractivity contribution is -0.179. The van der Waals surface area contributed by atoms with Gasteiger partial charge in [0.05, 0.1) is 13.2 Å². The van der Waals surface area contributed by atoms with Crippen molar-refractivity contribution in [2.24, 2.45) is 0 Å². The molecular weight excluding hydrogens is 346 g/mol. The lowest BCUT2D eigenvalue weighted by atomic mass is 9.53. The van der Waals surface area contributed by atoms with Crippen LogP contribution in [0.15, 0.2) is 24.3 Å². The molecule has 1 aromatic carbocycles. The van der Waals surface area contributed by atoms with E-state index in [1.165, 1.54) is 20.1 Å². The van der Waals surface area contributed by atoms with Crippen molar-refractivity contribution < 1.29 is 24.2 Å². The summed E-state index contributed by atoms with van der Waals surface area (Å²) in [6.45, 7) is 4.21. The van der Waals surface area contributed by atoms with Crippen molar-refractivity contribution in [3.8, 4) is 11.5 Å². The van der Waals surface area contributed by atoms with Gasteiger partial charge in [0.2, 0.25) is 0 Å². The Morgan fingerprint density at radius 3 is 2.78 bits per heavy atom. The largest absolute Gasteiger partial charge is 0.504 e. The minimum atomic E-state index is -1.04. The van der Waals surface area contributed by atoms with Gasteiger partial charge >= 0.3 is 5.97 Å². The fourth-order valence-electron chi connectivity index (χ4n) is 5.20. The molecule has 27 heavy (non-hydrogen) atoms. The quantitative estimate of drug-likeness (QED) is 0.485. The van der Waals surface area contributed by atoms with E-state index in [2.05, 4.69) is 4.90 Å². The summed E-state index contributed by atoms with van der Waals surface area (Å²) in [5.41, 5.74) is 0.0966. The summed E-state index contributed by atoms with van der Waals surface area (Å²) >= 11 is 0. The van der Waals surface area contributed by atoms with Gasteiger partial charge in [-0.1, -0.05) is 13.0 Å². The number of nitrogens with zero attached hydrogens (tertiary/aromatic N) is 1. The Hall–Kier alpha value is -2.34. The number of phenols is 1. The molecule has 0 spiro atoms. The molecule has 1 saturated heterocycles. The standard InChI is InChI=1S/C21H27NO5/c1-5-20-10-11-22(3)17(21(20,9-6-12-23)27-14(2)24)13-15-7-8-16(26-4)19(25)18(15)20/h6-9,12,17,25H,5,10-11,13H2,1-4H3/b9-6-. The molecule has 0 radical (unpaired) electrons. The Morgan fingerprint density at radius 2 is 2.19 bits per heavy atom. The van der Waals surface area contributed by atoms with Gasteiger partial charge in [-0.3, -0.25) is 14.5 Å². The van der Waals surface area contributed by atoms with Crippen LogP contribution in [0.3, 0.4) is 0 Å². The van der Waals surface area contributed by atoms with Crippen molar-refractivity contribution in [3.05, 3.63) is 35.4 Å². The molecule has 1 aliphatic heterocycles. The van der Waals surface area contributed by atoms with E-state index in [1.807, 2.05) is 20.0 Å². The lowest BCUT2D eigenvalue weighted by Crippen LogP contribution is -2.71. The number of fused-ring (bicyclic) bond motifs is 4. The van der Waals surface area contributed by atoms with E-state index in [1.54, 1.807) is 12.1 Å². The summed E-state index contributed by atoms with van der Waals surface area (Å²) < 4.78 is 11.4. The molecule has 0 aromatic heterocycles. The summed E-state index contributed by atoms with van der Waals surface area (Å²) in [7, 11) is 3.53. The number of likely N-dealkylation sites (tertiary alicyclic amines) is 1. The average molecular weight is 373 g/mol. The van der Waals surface area contributed by atoms with Crippen molar-refractivity contribution in [3.63, 3.8) is 0 Å². The number of aromatic hydroxyl groups is 1. The molecule has 0 amide bonds. The van der Waals surface area contributed by atoms with E-state index in [0.29, 0.717) is 31.3 Å². The van der Waals surface area contributed by atoms with E-state index < -0.39 is 17.0 Å². The number of aldehydes is 1. The van der Waals surface area contributed by atoms with Gasteiger partial charge in [0.15, 0.2) is 17.1 Å². The molecule has 2 aliphatic rings. The topological polar surface area (TPSA) is 76.1 Å². The van der Waals surface area contributed by atoms with Crippen LogP contribution in [0.2, 0.25) is 0 Å². The van der Waals surface area contributed by atoms with Gasteiger partial charge in [0.25, 0.3) is 0 Å². The maximum absolute atomic E-state index is 12.1. The number of carbonyl (C=O) groups excluding carboxylic acids is 2. The smallest absolute Gasteiger partial charge is 0.303 e. The van der Waals surface area contributed by atoms with E-state index in [9.17, 15) is 14.7 Å². The molecule has 1 fully saturated rings. The molecule has 1 N–H and O–H groups in total. The van der Waals surface area contributed by atoms with Crippen LogP contribution in [0.1, 0.15) is 37.8 Å². The predicted molar refractivity (Wildman–Crippen MR) is 101 cm³/mol. The number of ether oxygens (including phenoxy) is 2. The predicted octanol–water partition coefficient (Wildman–Crippen LogP) is 2.37. The van der Waals surface area contributed by atoms with Crippen LogP contribution in [0.25, 0.3) is 0 Å². The Labute approximate surface area is 159 Å². The average Bonchev–Trinajstić information content (AvgIpc) is 2.63. The van der Waals surface area contributed by atoms with Gasteiger partial charge in [-0.05, 0) is 56.6 Å². The van der Waals surface area contributed by atoms with Crippen LogP contribution < -0.4 is 4.74 Å². The summed E-state index contributed by atoms with van der Waals surface area (Å²) in [5, 5.41) is 11.0. The molecule has 1 heterocycles. The maximum atomic E-state index is 12.1. The highest BCUT2D eigenvalue weighted by molar-refractivity contribution is 5.71. The van der Waals surface area contributed by atoms with Crippen molar-refractivity contribution >= 4 is 12.3 Å². The molecule has 3 atom stereocenters. The zero-order chi connectivity index (χ0) is 19.8. The molecular formula is C21H27NO5. The first kappa shape index (κ1) is 19.4. The Balaban J connectivity index is 2.38. The Morgan fingerprint density at radius 1 is 1.44 bits per heavy atom. The zero-order valence-electron chi connectivity index (χ0n) is 16.3. The van der Waals surface area contributed by atoms with Crippen molar-refractivity contribution in [2.45, 2.75) is 50.2 Å². The van der Waals surface area contributed by atoms with Gasteiger partial charge in [0.1, 0.15) is 6.29 Å². The number of hydrogen-bond acceptors (Lipinski definition) is 6. The van der Waals surface area contributed by atoms with Gasteiger partial charge in [0, 0.05) is 17.9 Å². The second kappa shape index (κ2) is 7.00. The zero-order valence-corrected chi connectivity index (χ0v) is 16.3. The first-order valence-corrected chi connectivity index (χ1v) is 9.29. The number of likely N-dealkylation sites (N-methyl/N-ethyl adjacent to an activating group) is 1. The number of benzene rings is 1. The minimum absolute atomic E-state index is 0.0934. The van der Waals surface area contributed by atoms with Crippen molar-refractivity contribution in [1.29, 1.82) is 0 Å². The van der Waals surface area contributed by atoms with E-state index in [4.69, 9.17) is 9.47 Å². The highest BCUT2D eigenvalue weighted by Gasteiger charge is 2.64. The first-order chi connectivity index (χ1) is 12.9. The van der Waals surface area contributed by atoms with E-state index >= 15 is 0 Å². The van der Waals surface area contributed by atoms with Crippen LogP contribution >= 0.6 is 0 Å². The molecule has 3 unspecified atom stereocenters. The third kappa shape index (κ3) is 2.65. The van der Waals surface area contributed by atoms with Gasteiger partial charge in [-0.2, -0.15) is 0 Å². The molecule has 2 bridgehead atoms. The van der Waals surface area contributed by atoms with Crippen LogP contribution in [0.5, 0.6) is 11.5 Å². The normalized spacial score (nSPS) is 30.0. The van der Waals surface area contributed by atoms with Crippen LogP contribution in [0, 0.1) is 0 Å². The summed E-state index contributed by atoms with van der Waals surface area (Å²) in [6, 6.07) is 3.62. The second-order valence-electron chi connectivity index (χ2n) is 7.42. The molecule has 0 saturated carbocycles. The van der Waals surface area contributed by atoms with Crippen molar-refractivity contribution in [1.82, 2.24) is 4.90 Å². The highest BCUT2D eigenvalue weighted by Crippen LogP contribution is 2.59. The minimum Gasteiger partial charge on any atom is -0.504 e. The van der Waals surface area contributed by atoms with E-state index in [0.717, 1.165) is 17.7 Å². The number of rotatable bonds is 5. The highest BCUT2D eigenvalue weighted by atomic mass is 16.6. The van der Waals surface area contributed by atoms with Gasteiger partial charge < -0.3 is 14.6 Å². The summed E-state index contributed by atoms with van der Waals surface area (Å²) in [4.78, 5) is 25.5. The number of allylic oxidation sites excluding steroid dienone is 1. The number of hydrogen-bond donors (Lipinski definition) is 1. The molecule has 146 valence electrons. The van der Waals surface area contributed by atoms with Crippen LogP contribution in [-0.2, 0) is 26.2 Å².